The van der Waals surface area contributed by atoms with Crippen molar-refractivity contribution in [1.82, 2.24) is 0 Å². The SMILES string of the molecule is CCc1cccc2c1OCCC2(O)CN. The van der Waals surface area contributed by atoms with E-state index in [2.05, 4.69) is 6.92 Å². The van der Waals surface area contributed by atoms with E-state index in [0.29, 0.717) is 13.0 Å². The fourth-order valence-electron chi connectivity index (χ4n) is 2.07. The molecule has 1 aromatic carbocycles. The minimum atomic E-state index is -0.904. The summed E-state index contributed by atoms with van der Waals surface area (Å²) in [6, 6.07) is 5.88. The standard InChI is InChI=1S/C12H17NO2/c1-2-9-4-3-5-10-11(9)15-7-6-12(10,14)8-13/h3-5,14H,2,6-8,13H2,1H3. The van der Waals surface area contributed by atoms with E-state index in [9.17, 15) is 5.11 Å². The van der Waals surface area contributed by atoms with E-state index in [4.69, 9.17) is 10.5 Å². The summed E-state index contributed by atoms with van der Waals surface area (Å²) >= 11 is 0. The van der Waals surface area contributed by atoms with Crippen LogP contribution in [0.2, 0.25) is 0 Å². The topological polar surface area (TPSA) is 55.5 Å². The molecular weight excluding hydrogens is 190 g/mol. The molecule has 1 unspecified atom stereocenters. The second-order valence-corrected chi connectivity index (χ2v) is 3.98. The van der Waals surface area contributed by atoms with Crippen molar-refractivity contribution in [2.75, 3.05) is 13.2 Å². The fraction of sp³-hybridized carbons (Fsp3) is 0.500. The summed E-state index contributed by atoms with van der Waals surface area (Å²) in [4.78, 5) is 0. The number of hydrogen-bond donors (Lipinski definition) is 2. The van der Waals surface area contributed by atoms with Gasteiger partial charge in [0.25, 0.3) is 0 Å². The number of para-hydroxylation sites is 1. The summed E-state index contributed by atoms with van der Waals surface area (Å²) < 4.78 is 5.63. The average molecular weight is 207 g/mol. The third-order valence-corrected chi connectivity index (χ3v) is 3.08. The van der Waals surface area contributed by atoms with Gasteiger partial charge < -0.3 is 15.6 Å². The van der Waals surface area contributed by atoms with Gasteiger partial charge in [-0.1, -0.05) is 25.1 Å². The van der Waals surface area contributed by atoms with Gasteiger partial charge >= 0.3 is 0 Å². The Bertz CT molecular complexity index is 365. The zero-order valence-electron chi connectivity index (χ0n) is 8.99. The predicted octanol–water partition coefficient (Wildman–Crippen LogP) is 1.18. The molecule has 0 saturated carbocycles. The molecule has 2 rings (SSSR count). The Balaban J connectivity index is 2.53. The molecule has 0 spiro atoms. The van der Waals surface area contributed by atoms with Crippen LogP contribution in [0.3, 0.4) is 0 Å². The van der Waals surface area contributed by atoms with Crippen LogP contribution in [0.25, 0.3) is 0 Å². The molecule has 0 radical (unpaired) electrons. The Morgan fingerprint density at radius 3 is 3.00 bits per heavy atom. The van der Waals surface area contributed by atoms with Crippen molar-refractivity contribution in [3.63, 3.8) is 0 Å². The lowest BCUT2D eigenvalue weighted by Crippen LogP contribution is -2.39. The normalized spacial score (nSPS) is 24.5. The molecule has 82 valence electrons. The van der Waals surface area contributed by atoms with Gasteiger partial charge in [0.05, 0.1) is 6.61 Å². The minimum Gasteiger partial charge on any atom is -0.493 e. The Kier molecular flexibility index (Phi) is 2.67. The van der Waals surface area contributed by atoms with Gasteiger partial charge in [-0.3, -0.25) is 0 Å². The number of benzene rings is 1. The van der Waals surface area contributed by atoms with E-state index < -0.39 is 5.60 Å². The molecule has 1 aromatic rings. The first-order valence-corrected chi connectivity index (χ1v) is 5.39. The van der Waals surface area contributed by atoms with Crippen molar-refractivity contribution in [1.29, 1.82) is 0 Å². The van der Waals surface area contributed by atoms with Gasteiger partial charge in [0.15, 0.2) is 0 Å². The summed E-state index contributed by atoms with van der Waals surface area (Å²) in [5.41, 5.74) is 6.72. The summed E-state index contributed by atoms with van der Waals surface area (Å²) in [5.74, 6) is 0.833. The molecule has 0 amide bonds. The van der Waals surface area contributed by atoms with E-state index in [0.717, 1.165) is 23.3 Å². The first-order chi connectivity index (χ1) is 7.21. The number of hydrogen-bond acceptors (Lipinski definition) is 3. The number of fused-ring (bicyclic) bond motifs is 1. The van der Waals surface area contributed by atoms with Crippen LogP contribution in [0.5, 0.6) is 5.75 Å². The summed E-state index contributed by atoms with van der Waals surface area (Å²) in [6.07, 6.45) is 1.48. The van der Waals surface area contributed by atoms with Gasteiger partial charge in [-0.05, 0) is 12.0 Å². The number of ether oxygens (including phenoxy) is 1. The first-order valence-electron chi connectivity index (χ1n) is 5.39. The van der Waals surface area contributed by atoms with E-state index in [1.165, 1.54) is 0 Å². The number of aliphatic hydroxyl groups is 1. The predicted molar refractivity (Wildman–Crippen MR) is 58.9 cm³/mol. The van der Waals surface area contributed by atoms with E-state index in [-0.39, 0.29) is 6.54 Å². The Morgan fingerprint density at radius 2 is 2.33 bits per heavy atom. The highest BCUT2D eigenvalue weighted by molar-refractivity contribution is 5.46. The minimum absolute atomic E-state index is 0.247. The van der Waals surface area contributed by atoms with Gasteiger partial charge in [0.2, 0.25) is 0 Å². The van der Waals surface area contributed by atoms with Crippen molar-refractivity contribution < 1.29 is 9.84 Å². The molecule has 0 saturated heterocycles. The van der Waals surface area contributed by atoms with Crippen LogP contribution in [0.4, 0.5) is 0 Å². The maximum absolute atomic E-state index is 10.3. The number of aryl methyl sites for hydroxylation is 1. The quantitative estimate of drug-likeness (QED) is 0.765. The van der Waals surface area contributed by atoms with Gasteiger partial charge in [-0.2, -0.15) is 0 Å². The smallest absolute Gasteiger partial charge is 0.128 e. The molecule has 0 aliphatic carbocycles. The van der Waals surface area contributed by atoms with Crippen molar-refractivity contribution in [2.45, 2.75) is 25.4 Å². The van der Waals surface area contributed by atoms with E-state index in [1.54, 1.807) is 0 Å². The average Bonchev–Trinajstić information content (AvgIpc) is 2.29. The van der Waals surface area contributed by atoms with Gasteiger partial charge in [0, 0.05) is 18.5 Å². The second-order valence-electron chi connectivity index (χ2n) is 3.98. The maximum Gasteiger partial charge on any atom is 0.128 e. The Hall–Kier alpha value is -1.06. The van der Waals surface area contributed by atoms with Crippen molar-refractivity contribution in [3.05, 3.63) is 29.3 Å². The van der Waals surface area contributed by atoms with Crippen LogP contribution < -0.4 is 10.5 Å². The maximum atomic E-state index is 10.3. The molecule has 1 heterocycles. The van der Waals surface area contributed by atoms with Crippen LogP contribution in [-0.2, 0) is 12.0 Å². The molecule has 15 heavy (non-hydrogen) atoms. The summed E-state index contributed by atoms with van der Waals surface area (Å²) in [7, 11) is 0. The zero-order chi connectivity index (χ0) is 10.9. The van der Waals surface area contributed by atoms with Crippen LogP contribution >= 0.6 is 0 Å². The summed E-state index contributed by atoms with van der Waals surface area (Å²) in [6.45, 7) is 2.86. The van der Waals surface area contributed by atoms with Gasteiger partial charge in [-0.15, -0.1) is 0 Å². The van der Waals surface area contributed by atoms with E-state index in [1.807, 2.05) is 18.2 Å². The lowest BCUT2D eigenvalue weighted by molar-refractivity contribution is 0.00499. The highest BCUT2D eigenvalue weighted by atomic mass is 16.5. The van der Waals surface area contributed by atoms with Crippen molar-refractivity contribution in [2.24, 2.45) is 5.73 Å². The monoisotopic (exact) mass is 207 g/mol. The van der Waals surface area contributed by atoms with Crippen LogP contribution in [0.15, 0.2) is 18.2 Å². The van der Waals surface area contributed by atoms with Crippen LogP contribution in [0, 0.1) is 0 Å². The summed E-state index contributed by atoms with van der Waals surface area (Å²) in [5, 5.41) is 10.3. The molecule has 3 N–H and O–H groups in total. The molecule has 3 heteroatoms. The van der Waals surface area contributed by atoms with Gasteiger partial charge in [0.1, 0.15) is 11.4 Å². The molecule has 0 aromatic heterocycles. The van der Waals surface area contributed by atoms with Crippen LogP contribution in [0.1, 0.15) is 24.5 Å². The lowest BCUT2D eigenvalue weighted by Gasteiger charge is -2.34. The molecular formula is C12H17NO2. The lowest BCUT2D eigenvalue weighted by atomic mass is 9.86. The fourth-order valence-corrected chi connectivity index (χ4v) is 2.07. The third kappa shape index (κ3) is 1.62. The Morgan fingerprint density at radius 1 is 1.53 bits per heavy atom. The van der Waals surface area contributed by atoms with Gasteiger partial charge in [-0.25, -0.2) is 0 Å². The zero-order valence-corrected chi connectivity index (χ0v) is 8.99. The molecule has 1 aliphatic rings. The van der Waals surface area contributed by atoms with Crippen LogP contribution in [-0.4, -0.2) is 18.3 Å². The molecule has 1 atom stereocenters. The number of nitrogens with two attached hydrogens (primary N) is 1. The Labute approximate surface area is 89.9 Å². The van der Waals surface area contributed by atoms with E-state index >= 15 is 0 Å². The highest BCUT2D eigenvalue weighted by Gasteiger charge is 2.34. The largest absolute Gasteiger partial charge is 0.493 e. The first kappa shape index (κ1) is 10.5. The van der Waals surface area contributed by atoms with Crippen molar-refractivity contribution in [3.8, 4) is 5.75 Å². The van der Waals surface area contributed by atoms with Crippen molar-refractivity contribution >= 4 is 0 Å². The molecule has 0 bridgehead atoms. The second kappa shape index (κ2) is 3.83. The highest BCUT2D eigenvalue weighted by Crippen LogP contribution is 2.38. The number of rotatable bonds is 2. The molecule has 3 nitrogen and oxygen atoms in total. The molecule has 1 aliphatic heterocycles. The third-order valence-electron chi connectivity index (χ3n) is 3.08. The molecule has 0 fully saturated rings.